The van der Waals surface area contributed by atoms with Crippen LogP contribution < -0.4 is 5.32 Å². The van der Waals surface area contributed by atoms with E-state index in [-0.39, 0.29) is 5.91 Å². The third-order valence-electron chi connectivity index (χ3n) is 3.92. The maximum atomic E-state index is 11.9. The van der Waals surface area contributed by atoms with Crippen LogP contribution in [0, 0.1) is 5.92 Å². The van der Waals surface area contributed by atoms with Crippen molar-refractivity contribution in [1.82, 2.24) is 15.1 Å². The van der Waals surface area contributed by atoms with E-state index in [0.29, 0.717) is 18.9 Å². The topological polar surface area (TPSA) is 46.9 Å². The zero-order valence-electron chi connectivity index (χ0n) is 12.6. The van der Waals surface area contributed by atoms with Gasteiger partial charge in [0.25, 0.3) is 0 Å². The predicted molar refractivity (Wildman–Crippen MR) is 86.1 cm³/mol. The second-order valence-corrected chi connectivity index (χ2v) is 5.78. The largest absolute Gasteiger partial charge is 0.352 e. The number of carbonyl (C=O) groups is 1. The first kappa shape index (κ1) is 14.6. The van der Waals surface area contributed by atoms with Gasteiger partial charge in [0.15, 0.2) is 0 Å². The fourth-order valence-electron chi connectivity index (χ4n) is 2.73. The highest BCUT2D eigenvalue weighted by Crippen LogP contribution is 2.20. The van der Waals surface area contributed by atoms with Crippen LogP contribution in [0.25, 0.3) is 0 Å². The van der Waals surface area contributed by atoms with Crippen LogP contribution >= 0.6 is 0 Å². The molecule has 1 aliphatic rings. The third kappa shape index (κ3) is 4.07. The Morgan fingerprint density at radius 2 is 2.14 bits per heavy atom. The van der Waals surface area contributed by atoms with Crippen LogP contribution in [0.5, 0.6) is 0 Å². The molecule has 1 aromatic heterocycles. The second-order valence-electron chi connectivity index (χ2n) is 5.78. The van der Waals surface area contributed by atoms with Crippen molar-refractivity contribution in [3.8, 4) is 0 Å². The molecule has 1 amide bonds. The molecular formula is C18H21N3O. The summed E-state index contributed by atoms with van der Waals surface area (Å²) in [5, 5.41) is 7.32. The quantitative estimate of drug-likeness (QED) is 0.833. The molecule has 114 valence electrons. The summed E-state index contributed by atoms with van der Waals surface area (Å²) in [5.41, 5.74) is 2.25. The lowest BCUT2D eigenvalue weighted by Gasteiger charge is -2.07. The summed E-state index contributed by atoms with van der Waals surface area (Å²) >= 11 is 0. The monoisotopic (exact) mass is 295 g/mol. The number of nitrogens with zero attached hydrogens (tertiary/aromatic N) is 2. The first-order valence-corrected chi connectivity index (χ1v) is 7.78. The van der Waals surface area contributed by atoms with Crippen LogP contribution in [0.2, 0.25) is 0 Å². The van der Waals surface area contributed by atoms with Crippen molar-refractivity contribution in [2.75, 3.05) is 0 Å². The lowest BCUT2D eigenvalue weighted by Crippen LogP contribution is -2.24. The van der Waals surface area contributed by atoms with E-state index >= 15 is 0 Å². The highest BCUT2D eigenvalue weighted by molar-refractivity contribution is 5.76. The van der Waals surface area contributed by atoms with Crippen LogP contribution in [0.3, 0.4) is 0 Å². The molecule has 0 spiro atoms. The third-order valence-corrected chi connectivity index (χ3v) is 3.92. The van der Waals surface area contributed by atoms with Gasteiger partial charge < -0.3 is 5.32 Å². The Morgan fingerprint density at radius 1 is 1.27 bits per heavy atom. The van der Waals surface area contributed by atoms with Gasteiger partial charge in [-0.3, -0.25) is 9.48 Å². The summed E-state index contributed by atoms with van der Waals surface area (Å²) in [4.78, 5) is 11.9. The van der Waals surface area contributed by atoms with Crippen LogP contribution in [0.15, 0.2) is 54.9 Å². The predicted octanol–water partition coefficient (Wildman–Crippen LogP) is 2.90. The molecule has 0 bridgehead atoms. The summed E-state index contributed by atoms with van der Waals surface area (Å²) in [6.45, 7) is 1.30. The van der Waals surface area contributed by atoms with Crippen molar-refractivity contribution in [2.24, 2.45) is 5.92 Å². The van der Waals surface area contributed by atoms with E-state index < -0.39 is 0 Å². The summed E-state index contributed by atoms with van der Waals surface area (Å²) in [7, 11) is 0. The average Bonchev–Trinajstić information content (AvgIpc) is 3.18. The number of aromatic nitrogens is 2. The minimum atomic E-state index is 0.118. The molecule has 4 heteroatoms. The van der Waals surface area contributed by atoms with Crippen LogP contribution in [-0.2, 0) is 17.9 Å². The van der Waals surface area contributed by atoms with Gasteiger partial charge in [-0.1, -0.05) is 42.5 Å². The van der Waals surface area contributed by atoms with Crippen LogP contribution in [0.1, 0.15) is 30.4 Å². The smallest absolute Gasteiger partial charge is 0.220 e. The highest BCUT2D eigenvalue weighted by atomic mass is 16.1. The summed E-state index contributed by atoms with van der Waals surface area (Å²) in [6, 6.07) is 10.2. The second kappa shape index (κ2) is 7.07. The molecule has 3 rings (SSSR count). The van der Waals surface area contributed by atoms with Gasteiger partial charge in [-0.2, -0.15) is 5.10 Å². The van der Waals surface area contributed by atoms with Crippen molar-refractivity contribution < 1.29 is 4.79 Å². The Bertz CT molecular complexity index is 645. The van der Waals surface area contributed by atoms with E-state index in [4.69, 9.17) is 0 Å². The lowest BCUT2D eigenvalue weighted by molar-refractivity contribution is -0.121. The standard InChI is InChI=1S/C18H21N3O/c22-18(10-15-6-4-5-7-15)19-11-17-12-20-21(14-17)13-16-8-2-1-3-9-16/h1-4,6,8-9,12,14-15H,5,7,10-11,13H2,(H,19,22). The molecule has 22 heavy (non-hydrogen) atoms. The first-order valence-electron chi connectivity index (χ1n) is 7.78. The molecule has 0 saturated heterocycles. The molecule has 1 aliphatic carbocycles. The van der Waals surface area contributed by atoms with Crippen molar-refractivity contribution in [1.29, 1.82) is 0 Å². The fourth-order valence-corrected chi connectivity index (χ4v) is 2.73. The molecule has 1 atom stereocenters. The molecule has 1 heterocycles. The van der Waals surface area contributed by atoms with E-state index in [1.165, 1.54) is 5.56 Å². The van der Waals surface area contributed by atoms with Gasteiger partial charge in [0.05, 0.1) is 12.7 Å². The van der Waals surface area contributed by atoms with E-state index in [0.717, 1.165) is 24.9 Å². The molecule has 0 radical (unpaired) electrons. The van der Waals surface area contributed by atoms with Gasteiger partial charge in [-0.25, -0.2) is 0 Å². The number of hydrogen-bond donors (Lipinski definition) is 1. The summed E-state index contributed by atoms with van der Waals surface area (Å²) in [6.07, 6.45) is 10.9. The zero-order valence-corrected chi connectivity index (χ0v) is 12.6. The minimum absolute atomic E-state index is 0.118. The Labute approximate surface area is 130 Å². The molecule has 1 aromatic carbocycles. The van der Waals surface area contributed by atoms with Crippen molar-refractivity contribution >= 4 is 5.91 Å². The number of benzene rings is 1. The Kier molecular flexibility index (Phi) is 4.68. The van der Waals surface area contributed by atoms with Crippen LogP contribution in [-0.4, -0.2) is 15.7 Å². The number of rotatable bonds is 6. The Balaban J connectivity index is 1.47. The molecule has 1 N–H and O–H groups in total. The molecule has 4 nitrogen and oxygen atoms in total. The first-order chi connectivity index (χ1) is 10.8. The minimum Gasteiger partial charge on any atom is -0.352 e. The normalized spacial score (nSPS) is 16.8. The zero-order chi connectivity index (χ0) is 15.2. The number of nitrogens with one attached hydrogen (secondary N) is 1. The number of allylic oxidation sites excluding steroid dienone is 2. The summed E-state index contributed by atoms with van der Waals surface area (Å²) < 4.78 is 1.90. The molecule has 1 unspecified atom stereocenters. The van der Waals surface area contributed by atoms with Gasteiger partial charge in [0, 0.05) is 24.7 Å². The van der Waals surface area contributed by atoms with E-state index in [1.54, 1.807) is 0 Å². The highest BCUT2D eigenvalue weighted by Gasteiger charge is 2.13. The van der Waals surface area contributed by atoms with Gasteiger partial charge in [0.2, 0.25) is 5.91 Å². The maximum Gasteiger partial charge on any atom is 0.220 e. The van der Waals surface area contributed by atoms with Gasteiger partial charge in [-0.05, 0) is 24.3 Å². The summed E-state index contributed by atoms with van der Waals surface area (Å²) in [5.74, 6) is 0.535. The SMILES string of the molecule is O=C(CC1C=CCC1)NCc1cnn(Cc2ccccc2)c1. The van der Waals surface area contributed by atoms with E-state index in [9.17, 15) is 4.79 Å². The maximum absolute atomic E-state index is 11.9. The van der Waals surface area contributed by atoms with Gasteiger partial charge in [-0.15, -0.1) is 0 Å². The van der Waals surface area contributed by atoms with Crippen molar-refractivity contribution in [2.45, 2.75) is 32.4 Å². The van der Waals surface area contributed by atoms with Gasteiger partial charge >= 0.3 is 0 Å². The van der Waals surface area contributed by atoms with Crippen LogP contribution in [0.4, 0.5) is 0 Å². The number of amides is 1. The Morgan fingerprint density at radius 3 is 2.91 bits per heavy atom. The molecule has 0 aliphatic heterocycles. The average molecular weight is 295 g/mol. The lowest BCUT2D eigenvalue weighted by atomic mass is 10.1. The molecule has 0 fully saturated rings. The number of hydrogen-bond acceptors (Lipinski definition) is 2. The van der Waals surface area contributed by atoms with Crippen molar-refractivity contribution in [3.63, 3.8) is 0 Å². The van der Waals surface area contributed by atoms with Gasteiger partial charge in [0.1, 0.15) is 0 Å². The molecular weight excluding hydrogens is 274 g/mol. The van der Waals surface area contributed by atoms with E-state index in [2.05, 4.69) is 34.7 Å². The Hall–Kier alpha value is -2.36. The molecule has 0 saturated carbocycles. The molecule has 2 aromatic rings. The number of carbonyl (C=O) groups excluding carboxylic acids is 1. The fraction of sp³-hybridized carbons (Fsp3) is 0.333. The van der Waals surface area contributed by atoms with E-state index in [1.807, 2.05) is 35.3 Å². The van der Waals surface area contributed by atoms with Crippen molar-refractivity contribution in [3.05, 3.63) is 66.0 Å².